The van der Waals surface area contributed by atoms with Crippen molar-refractivity contribution in [2.24, 2.45) is 0 Å². The van der Waals surface area contributed by atoms with Gasteiger partial charge in [-0.3, -0.25) is 4.79 Å². The first-order valence-electron chi connectivity index (χ1n) is 7.90. The van der Waals surface area contributed by atoms with E-state index in [1.807, 2.05) is 12.1 Å². The van der Waals surface area contributed by atoms with Gasteiger partial charge in [-0.05, 0) is 29.8 Å². The lowest BCUT2D eigenvalue weighted by Gasteiger charge is -2.19. The second-order valence-corrected chi connectivity index (χ2v) is 9.08. The number of amides is 1. The highest BCUT2D eigenvalue weighted by molar-refractivity contribution is 9.10. The lowest BCUT2D eigenvalue weighted by Crippen LogP contribution is -2.37. The van der Waals surface area contributed by atoms with Gasteiger partial charge in [0.25, 0.3) is 10.2 Å². The van der Waals surface area contributed by atoms with Crippen LogP contribution >= 0.6 is 27.5 Å². The topological polar surface area (TPSA) is 69.7 Å². The third-order valence-corrected chi connectivity index (χ3v) is 6.77. The van der Waals surface area contributed by atoms with Crippen LogP contribution in [0.3, 0.4) is 0 Å². The molecule has 1 aliphatic heterocycles. The van der Waals surface area contributed by atoms with Gasteiger partial charge in [-0.15, -0.1) is 0 Å². The Labute approximate surface area is 166 Å². The normalized spacial score (nSPS) is 17.3. The summed E-state index contributed by atoms with van der Waals surface area (Å²) in [7, 11) is -3.70. The van der Waals surface area contributed by atoms with Gasteiger partial charge in [0.1, 0.15) is 0 Å². The Balaban J connectivity index is 1.65. The molecule has 1 amide bonds. The fourth-order valence-electron chi connectivity index (χ4n) is 2.68. The first-order chi connectivity index (χ1) is 12.4. The molecule has 138 valence electrons. The van der Waals surface area contributed by atoms with E-state index < -0.39 is 10.2 Å². The first kappa shape index (κ1) is 19.3. The number of rotatable bonds is 5. The number of anilines is 1. The van der Waals surface area contributed by atoms with Crippen molar-refractivity contribution in [3.8, 4) is 0 Å². The molecule has 1 heterocycles. The van der Waals surface area contributed by atoms with Gasteiger partial charge in [0.2, 0.25) is 5.91 Å². The van der Waals surface area contributed by atoms with E-state index in [2.05, 4.69) is 21.2 Å². The number of halogens is 2. The zero-order chi connectivity index (χ0) is 18.7. The highest BCUT2D eigenvalue weighted by Crippen LogP contribution is 2.23. The molecule has 1 aliphatic rings. The summed E-state index contributed by atoms with van der Waals surface area (Å²) in [6.07, 6.45) is 0. The zero-order valence-electron chi connectivity index (χ0n) is 13.7. The summed E-state index contributed by atoms with van der Waals surface area (Å²) in [5.74, 6) is -0.383. The van der Waals surface area contributed by atoms with E-state index in [4.69, 9.17) is 11.6 Å². The summed E-state index contributed by atoms with van der Waals surface area (Å²) in [6.45, 7) is 0.538. The van der Waals surface area contributed by atoms with Crippen LogP contribution in [-0.2, 0) is 21.5 Å². The van der Waals surface area contributed by atoms with Crippen LogP contribution in [0.25, 0.3) is 0 Å². The molecule has 0 aliphatic carbocycles. The maximum absolute atomic E-state index is 12.7. The van der Waals surface area contributed by atoms with Crippen molar-refractivity contribution in [3.05, 3.63) is 63.6 Å². The highest BCUT2D eigenvalue weighted by atomic mass is 79.9. The van der Waals surface area contributed by atoms with Crippen LogP contribution in [0, 0.1) is 0 Å². The quantitative estimate of drug-likeness (QED) is 0.748. The third kappa shape index (κ3) is 4.44. The smallest absolute Gasteiger partial charge is 0.282 e. The third-order valence-electron chi connectivity index (χ3n) is 3.98. The molecular formula is C17H17BrClN3O3S. The van der Waals surface area contributed by atoms with E-state index in [1.165, 1.54) is 8.61 Å². The number of nitrogens with zero attached hydrogens (tertiary/aromatic N) is 2. The van der Waals surface area contributed by atoms with Crippen LogP contribution in [0.1, 0.15) is 5.56 Å². The highest BCUT2D eigenvalue weighted by Gasteiger charge is 2.37. The SMILES string of the molecule is O=C(CN1CCN(Cc2ccccc2Cl)S1(=O)=O)Nc1cccc(Br)c1. The van der Waals surface area contributed by atoms with Crippen LogP contribution in [0.2, 0.25) is 5.02 Å². The summed E-state index contributed by atoms with van der Waals surface area (Å²) >= 11 is 9.44. The number of carbonyl (C=O) groups excluding carboxylic acids is 1. The monoisotopic (exact) mass is 457 g/mol. The number of benzene rings is 2. The van der Waals surface area contributed by atoms with Crippen molar-refractivity contribution in [1.82, 2.24) is 8.61 Å². The Morgan fingerprint density at radius 2 is 1.85 bits per heavy atom. The van der Waals surface area contributed by atoms with Crippen molar-refractivity contribution in [2.75, 3.05) is 25.0 Å². The molecule has 0 spiro atoms. The van der Waals surface area contributed by atoms with E-state index in [1.54, 1.807) is 36.4 Å². The molecule has 1 saturated heterocycles. The van der Waals surface area contributed by atoms with Gasteiger partial charge in [0.15, 0.2) is 0 Å². The molecule has 6 nitrogen and oxygen atoms in total. The molecule has 2 aromatic carbocycles. The molecule has 1 N–H and O–H groups in total. The van der Waals surface area contributed by atoms with E-state index in [-0.39, 0.29) is 25.5 Å². The Morgan fingerprint density at radius 1 is 1.12 bits per heavy atom. The number of hydrogen-bond acceptors (Lipinski definition) is 3. The van der Waals surface area contributed by atoms with Crippen molar-refractivity contribution in [3.63, 3.8) is 0 Å². The lowest BCUT2D eigenvalue weighted by atomic mass is 10.2. The maximum Gasteiger partial charge on any atom is 0.282 e. The van der Waals surface area contributed by atoms with Crippen molar-refractivity contribution < 1.29 is 13.2 Å². The zero-order valence-corrected chi connectivity index (χ0v) is 16.9. The minimum Gasteiger partial charge on any atom is -0.325 e. The standard InChI is InChI=1S/C17H17BrClN3O3S/c18-14-5-3-6-15(10-14)20-17(23)12-22-9-8-21(26(22,24)25)11-13-4-1-2-7-16(13)19/h1-7,10H,8-9,11-12H2,(H,20,23). The molecule has 26 heavy (non-hydrogen) atoms. The minimum atomic E-state index is -3.70. The van der Waals surface area contributed by atoms with Gasteiger partial charge < -0.3 is 5.32 Å². The molecule has 2 aromatic rings. The second-order valence-electron chi connectivity index (χ2n) is 5.82. The predicted molar refractivity (Wildman–Crippen MR) is 105 cm³/mol. The van der Waals surface area contributed by atoms with Crippen LogP contribution in [0.4, 0.5) is 5.69 Å². The minimum absolute atomic E-state index is 0.186. The summed E-state index contributed by atoms with van der Waals surface area (Å²) in [5.41, 5.74) is 1.34. The Kier molecular flexibility index (Phi) is 5.99. The summed E-state index contributed by atoms with van der Waals surface area (Å²) in [4.78, 5) is 12.2. The first-order valence-corrected chi connectivity index (χ1v) is 10.5. The van der Waals surface area contributed by atoms with Crippen molar-refractivity contribution in [1.29, 1.82) is 0 Å². The van der Waals surface area contributed by atoms with Gasteiger partial charge in [-0.25, -0.2) is 0 Å². The molecule has 1 fully saturated rings. The largest absolute Gasteiger partial charge is 0.325 e. The van der Waals surface area contributed by atoms with E-state index in [0.717, 1.165) is 10.0 Å². The van der Waals surface area contributed by atoms with Crippen molar-refractivity contribution >= 4 is 49.3 Å². The molecule has 0 atom stereocenters. The Bertz CT molecular complexity index is 923. The fraction of sp³-hybridized carbons (Fsp3) is 0.235. The Morgan fingerprint density at radius 3 is 2.58 bits per heavy atom. The second kappa shape index (κ2) is 8.06. The average molecular weight is 459 g/mol. The molecule has 0 saturated carbocycles. The van der Waals surface area contributed by atoms with Gasteiger partial charge >= 0.3 is 0 Å². The van der Waals surface area contributed by atoms with Gasteiger partial charge in [-0.2, -0.15) is 17.0 Å². The number of hydrogen-bond donors (Lipinski definition) is 1. The van der Waals surface area contributed by atoms with E-state index in [9.17, 15) is 13.2 Å². The molecule has 0 unspecified atom stereocenters. The maximum atomic E-state index is 12.7. The van der Waals surface area contributed by atoms with Crippen LogP contribution < -0.4 is 5.32 Å². The van der Waals surface area contributed by atoms with Crippen LogP contribution in [0.15, 0.2) is 53.0 Å². The van der Waals surface area contributed by atoms with Gasteiger partial charge in [0.05, 0.1) is 6.54 Å². The molecule has 3 rings (SSSR count). The molecule has 0 aromatic heterocycles. The van der Waals surface area contributed by atoms with Gasteiger partial charge in [0, 0.05) is 34.8 Å². The molecule has 0 radical (unpaired) electrons. The number of nitrogens with one attached hydrogen (secondary N) is 1. The average Bonchev–Trinajstić information content (AvgIpc) is 2.84. The Hall–Kier alpha value is -1.45. The number of carbonyl (C=O) groups is 1. The van der Waals surface area contributed by atoms with E-state index in [0.29, 0.717) is 17.3 Å². The summed E-state index contributed by atoms with van der Waals surface area (Å²) in [5, 5.41) is 3.23. The molecule has 9 heteroatoms. The summed E-state index contributed by atoms with van der Waals surface area (Å²) < 4.78 is 28.7. The lowest BCUT2D eigenvalue weighted by molar-refractivity contribution is -0.116. The van der Waals surface area contributed by atoms with Gasteiger partial charge in [-0.1, -0.05) is 51.8 Å². The van der Waals surface area contributed by atoms with E-state index >= 15 is 0 Å². The fourth-order valence-corrected chi connectivity index (χ4v) is 4.81. The van der Waals surface area contributed by atoms with Crippen molar-refractivity contribution in [2.45, 2.75) is 6.54 Å². The van der Waals surface area contributed by atoms with Crippen LogP contribution in [0.5, 0.6) is 0 Å². The predicted octanol–water partition coefficient (Wildman–Crippen LogP) is 3.10. The summed E-state index contributed by atoms with van der Waals surface area (Å²) in [6, 6.07) is 14.2. The van der Waals surface area contributed by atoms with Crippen LogP contribution in [-0.4, -0.2) is 42.6 Å². The molecule has 0 bridgehead atoms. The molecular weight excluding hydrogens is 442 g/mol.